The average molecular weight is 390 g/mol. The van der Waals surface area contributed by atoms with Crippen LogP contribution in [0.2, 0.25) is 0 Å². The monoisotopic (exact) mass is 390 g/mol. The molecular weight excluding hydrogens is 372 g/mol. The Kier molecular flexibility index (Phi) is 6.37. The van der Waals surface area contributed by atoms with Crippen LogP contribution in [0, 0.1) is 27.3 Å². The highest BCUT2D eigenvalue weighted by Crippen LogP contribution is 2.26. The number of ketones is 1. The van der Waals surface area contributed by atoms with Crippen molar-refractivity contribution >= 4 is 23.3 Å². The number of β-lactam (4-membered cyclic amide) rings is 1. The van der Waals surface area contributed by atoms with E-state index in [0.29, 0.717) is 5.56 Å². The SMILES string of the molecule is C[C@@H]([O-])[C@H]1C(=O)N[C@@H]1[C@@H](C)C(=O)C([N+]#N)C(=O)OCc1ccc([N+](=O)[O-])cc1. The third-order valence-corrected chi connectivity index (χ3v) is 4.63. The minimum Gasteiger partial charge on any atom is -0.852 e. The summed E-state index contributed by atoms with van der Waals surface area (Å²) in [5, 5.41) is 33.7. The number of benzene rings is 1. The minimum atomic E-state index is -1.83. The molecule has 1 heterocycles. The Morgan fingerprint density at radius 1 is 1.32 bits per heavy atom. The first-order chi connectivity index (χ1) is 13.2. The number of nitrogens with zero attached hydrogens (tertiary/aromatic N) is 3. The number of diazo groups is 1. The number of ether oxygens (including phenoxy) is 1. The van der Waals surface area contributed by atoms with Crippen molar-refractivity contribution in [2.45, 2.75) is 38.6 Å². The lowest BCUT2D eigenvalue weighted by Gasteiger charge is -2.45. The predicted molar refractivity (Wildman–Crippen MR) is 90.8 cm³/mol. The maximum absolute atomic E-state index is 12.5. The summed E-state index contributed by atoms with van der Waals surface area (Å²) in [5.41, 5.74) is 0.301. The molecule has 1 aliphatic heterocycles. The van der Waals surface area contributed by atoms with E-state index in [1.54, 1.807) is 0 Å². The smallest absolute Gasteiger partial charge is 0.465 e. The molecule has 2 rings (SSSR count). The van der Waals surface area contributed by atoms with E-state index in [2.05, 4.69) is 10.3 Å². The van der Waals surface area contributed by atoms with Gasteiger partial charge in [0.1, 0.15) is 11.6 Å². The number of hydrogen-bond acceptors (Lipinski definition) is 8. The molecule has 5 atom stereocenters. The topological polar surface area (TPSA) is 167 Å². The molecule has 0 spiro atoms. The lowest BCUT2D eigenvalue weighted by Crippen LogP contribution is -2.68. The predicted octanol–water partition coefficient (Wildman–Crippen LogP) is -0.0717. The molecule has 1 aromatic rings. The maximum atomic E-state index is 12.5. The van der Waals surface area contributed by atoms with Gasteiger partial charge in [-0.25, -0.2) is 4.79 Å². The van der Waals surface area contributed by atoms with Gasteiger partial charge < -0.3 is 15.2 Å². The molecule has 1 amide bonds. The van der Waals surface area contributed by atoms with E-state index in [-0.39, 0.29) is 12.3 Å². The second-order valence-corrected chi connectivity index (χ2v) is 6.51. The Morgan fingerprint density at radius 3 is 2.39 bits per heavy atom. The van der Waals surface area contributed by atoms with Crippen molar-refractivity contribution in [2.75, 3.05) is 0 Å². The summed E-state index contributed by atoms with van der Waals surface area (Å²) < 4.78 is 4.95. The lowest BCUT2D eigenvalue weighted by atomic mass is 9.76. The number of rotatable bonds is 8. The molecule has 28 heavy (non-hydrogen) atoms. The van der Waals surface area contributed by atoms with Crippen molar-refractivity contribution in [3.8, 4) is 0 Å². The third kappa shape index (κ3) is 4.29. The van der Waals surface area contributed by atoms with Gasteiger partial charge in [0.05, 0.1) is 4.92 Å². The first kappa shape index (κ1) is 20.9. The Bertz CT molecular complexity index is 831. The van der Waals surface area contributed by atoms with Crippen LogP contribution in [-0.4, -0.2) is 40.8 Å². The molecule has 11 heteroatoms. The first-order valence-corrected chi connectivity index (χ1v) is 8.41. The molecule has 0 aliphatic carbocycles. The van der Waals surface area contributed by atoms with Crippen LogP contribution in [0.1, 0.15) is 19.4 Å². The number of carbonyl (C=O) groups excluding carboxylic acids is 3. The number of nitro benzene ring substituents is 1. The number of hydrogen-bond donors (Lipinski definition) is 1. The zero-order valence-electron chi connectivity index (χ0n) is 15.1. The van der Waals surface area contributed by atoms with Gasteiger partial charge in [-0.05, 0) is 17.7 Å². The molecule has 1 aliphatic rings. The number of nitro groups is 1. The summed E-state index contributed by atoms with van der Waals surface area (Å²) in [6, 6.07) is 2.64. The van der Waals surface area contributed by atoms with Crippen LogP contribution in [0.4, 0.5) is 5.69 Å². The molecule has 1 N–H and O–H groups in total. The fourth-order valence-corrected chi connectivity index (χ4v) is 2.95. The van der Waals surface area contributed by atoms with E-state index >= 15 is 0 Å². The molecule has 1 fully saturated rings. The second kappa shape index (κ2) is 8.53. The van der Waals surface area contributed by atoms with Crippen LogP contribution in [0.25, 0.3) is 4.98 Å². The number of esters is 1. The summed E-state index contributed by atoms with van der Waals surface area (Å²) in [5.74, 6) is -4.23. The van der Waals surface area contributed by atoms with E-state index in [1.807, 2.05) is 0 Å². The van der Waals surface area contributed by atoms with E-state index in [4.69, 9.17) is 10.1 Å². The van der Waals surface area contributed by atoms with Gasteiger partial charge >= 0.3 is 12.0 Å². The van der Waals surface area contributed by atoms with Crippen molar-refractivity contribution in [3.63, 3.8) is 0 Å². The molecule has 1 aromatic carbocycles. The first-order valence-electron chi connectivity index (χ1n) is 8.41. The van der Waals surface area contributed by atoms with E-state index in [0.717, 1.165) is 0 Å². The maximum Gasteiger partial charge on any atom is 0.465 e. The zero-order chi connectivity index (χ0) is 21.0. The van der Waals surface area contributed by atoms with Crippen molar-refractivity contribution in [1.29, 1.82) is 5.39 Å². The summed E-state index contributed by atoms with van der Waals surface area (Å²) in [4.78, 5) is 48.9. The Balaban J connectivity index is 1.98. The van der Waals surface area contributed by atoms with E-state index in [9.17, 15) is 29.6 Å². The second-order valence-electron chi connectivity index (χ2n) is 6.51. The molecule has 0 aromatic heterocycles. The summed E-state index contributed by atoms with van der Waals surface area (Å²) >= 11 is 0. The van der Waals surface area contributed by atoms with Crippen LogP contribution < -0.4 is 10.4 Å². The third-order valence-electron chi connectivity index (χ3n) is 4.63. The molecule has 148 valence electrons. The van der Waals surface area contributed by atoms with Gasteiger partial charge in [0, 0.05) is 30.0 Å². The highest BCUT2D eigenvalue weighted by atomic mass is 16.6. The van der Waals surface area contributed by atoms with Gasteiger partial charge in [0.25, 0.3) is 5.69 Å². The fraction of sp³-hybridized carbons (Fsp3) is 0.471. The molecule has 11 nitrogen and oxygen atoms in total. The van der Waals surface area contributed by atoms with E-state index in [1.165, 1.54) is 38.1 Å². The number of amides is 1. The van der Waals surface area contributed by atoms with Crippen LogP contribution in [0.15, 0.2) is 24.3 Å². The van der Waals surface area contributed by atoms with Gasteiger partial charge in [-0.15, -0.1) is 6.10 Å². The Morgan fingerprint density at radius 2 is 1.93 bits per heavy atom. The van der Waals surface area contributed by atoms with Gasteiger partial charge in [-0.3, -0.25) is 19.7 Å². The molecule has 1 unspecified atom stereocenters. The van der Waals surface area contributed by atoms with Gasteiger partial charge in [-0.1, -0.05) is 13.8 Å². The quantitative estimate of drug-likeness (QED) is 0.161. The normalized spacial score (nSPS) is 21.3. The summed E-state index contributed by atoms with van der Waals surface area (Å²) in [6.45, 7) is 2.44. The number of non-ortho nitro benzene ring substituents is 1. The minimum absolute atomic E-state index is 0.132. The van der Waals surface area contributed by atoms with Crippen molar-refractivity contribution < 1.29 is 29.2 Å². The standard InChI is InChI=1S/C17H18N4O7/c1-8(13-12(9(2)22)16(24)19-13)15(23)14(20-18)17(25)28-7-10-3-5-11(6-4-10)21(26)27/h3-6,8-9,12-14H,7H2,1-2H3,(H,19,24)/t8-,9-,12-,13-,14?/m1/s1. The molecule has 0 saturated carbocycles. The van der Waals surface area contributed by atoms with Gasteiger partial charge in [0.15, 0.2) is 0 Å². The van der Waals surface area contributed by atoms with Crippen molar-refractivity contribution in [1.82, 2.24) is 5.32 Å². The number of carbonyl (C=O) groups is 3. The molecule has 1 saturated heterocycles. The average Bonchev–Trinajstić information content (AvgIpc) is 2.63. The molecular formula is C17H18N4O7. The number of Topliss-reactive ketones (excluding diaryl/α,β-unsaturated/α-hetero) is 1. The van der Waals surface area contributed by atoms with Crippen LogP contribution in [-0.2, 0) is 25.7 Å². The van der Waals surface area contributed by atoms with Gasteiger partial charge in [-0.2, -0.15) is 0 Å². The Hall–Kier alpha value is -3.39. The van der Waals surface area contributed by atoms with Crippen LogP contribution >= 0.6 is 0 Å². The van der Waals surface area contributed by atoms with Crippen LogP contribution in [0.5, 0.6) is 0 Å². The molecule has 0 radical (unpaired) electrons. The summed E-state index contributed by atoms with van der Waals surface area (Å²) in [6.07, 6.45) is -1.23. The summed E-state index contributed by atoms with van der Waals surface area (Å²) in [7, 11) is 0. The van der Waals surface area contributed by atoms with Gasteiger partial charge in [0.2, 0.25) is 17.1 Å². The lowest BCUT2D eigenvalue weighted by molar-refractivity contribution is -0.427. The van der Waals surface area contributed by atoms with Crippen molar-refractivity contribution in [3.05, 3.63) is 44.9 Å². The largest absolute Gasteiger partial charge is 0.852 e. The molecule has 0 bridgehead atoms. The number of nitrogens with one attached hydrogen (secondary N) is 1. The fourth-order valence-electron chi connectivity index (χ4n) is 2.95. The van der Waals surface area contributed by atoms with Crippen LogP contribution in [0.3, 0.4) is 0 Å². The van der Waals surface area contributed by atoms with E-state index < -0.39 is 52.6 Å². The highest BCUT2D eigenvalue weighted by Gasteiger charge is 2.51. The Labute approximate surface area is 159 Å². The van der Waals surface area contributed by atoms with Crippen molar-refractivity contribution in [2.24, 2.45) is 11.8 Å². The highest BCUT2D eigenvalue weighted by molar-refractivity contribution is 6.06. The zero-order valence-corrected chi connectivity index (χ0v) is 15.1.